The molecule has 0 saturated carbocycles. The molecule has 2 unspecified atom stereocenters. The van der Waals surface area contributed by atoms with Crippen LogP contribution in [0, 0.1) is 11.3 Å². The van der Waals surface area contributed by atoms with Crippen molar-refractivity contribution in [3.63, 3.8) is 0 Å². The van der Waals surface area contributed by atoms with Gasteiger partial charge in [-0.1, -0.05) is 28.1 Å². The number of carboxylic acids is 1. The molecule has 3 rings (SSSR count). The minimum absolute atomic E-state index is 0.0206. The summed E-state index contributed by atoms with van der Waals surface area (Å²) in [4.78, 5) is 26.4. The highest BCUT2D eigenvalue weighted by Gasteiger charge is 2.42. The SMILES string of the molecule is CC1=C(C(=O)O)C(c2ccc(C#N)cc2Br)N(C=O)C(N)N1c1cccc(C(F)(F)F)c1. The lowest BCUT2D eigenvalue weighted by atomic mass is 9.92. The number of hydrogen-bond acceptors (Lipinski definition) is 5. The van der Waals surface area contributed by atoms with Crippen molar-refractivity contribution in [1.29, 1.82) is 5.26 Å². The van der Waals surface area contributed by atoms with Gasteiger partial charge in [-0.3, -0.25) is 10.5 Å². The largest absolute Gasteiger partial charge is 0.478 e. The number of allylic oxidation sites excluding steroid dienone is 1. The van der Waals surface area contributed by atoms with Crippen LogP contribution in [0.1, 0.15) is 29.7 Å². The predicted molar refractivity (Wildman–Crippen MR) is 112 cm³/mol. The molecule has 2 aromatic rings. The van der Waals surface area contributed by atoms with E-state index in [9.17, 15) is 27.9 Å². The van der Waals surface area contributed by atoms with Gasteiger partial charge in [-0.15, -0.1) is 0 Å². The molecule has 1 aliphatic rings. The van der Waals surface area contributed by atoms with Gasteiger partial charge in [0, 0.05) is 15.9 Å². The maximum absolute atomic E-state index is 13.2. The molecular formula is C21H16BrF3N4O3. The quantitative estimate of drug-likeness (QED) is 0.604. The smallest absolute Gasteiger partial charge is 0.416 e. The summed E-state index contributed by atoms with van der Waals surface area (Å²) >= 11 is 3.30. The summed E-state index contributed by atoms with van der Waals surface area (Å²) in [6, 6.07) is 9.47. The Labute approximate surface area is 189 Å². The molecule has 32 heavy (non-hydrogen) atoms. The Bertz CT molecular complexity index is 1160. The van der Waals surface area contributed by atoms with E-state index >= 15 is 0 Å². The van der Waals surface area contributed by atoms with E-state index in [1.807, 2.05) is 6.07 Å². The number of amides is 1. The number of nitrogens with two attached hydrogens (primary N) is 1. The number of aliphatic carboxylic acids is 1. The second kappa shape index (κ2) is 8.64. The van der Waals surface area contributed by atoms with Crippen LogP contribution in [-0.2, 0) is 15.8 Å². The summed E-state index contributed by atoms with van der Waals surface area (Å²) in [5.74, 6) is -1.38. The van der Waals surface area contributed by atoms with E-state index in [-0.39, 0.29) is 17.0 Å². The number of benzene rings is 2. The zero-order valence-corrected chi connectivity index (χ0v) is 18.1. The zero-order chi connectivity index (χ0) is 23.8. The lowest BCUT2D eigenvalue weighted by Gasteiger charge is -2.46. The monoisotopic (exact) mass is 508 g/mol. The van der Waals surface area contributed by atoms with E-state index in [0.717, 1.165) is 17.0 Å². The summed E-state index contributed by atoms with van der Waals surface area (Å²) in [5, 5.41) is 19.0. The average Bonchev–Trinajstić information content (AvgIpc) is 2.72. The highest BCUT2D eigenvalue weighted by atomic mass is 79.9. The number of rotatable bonds is 4. The number of carbonyl (C=O) groups is 2. The Morgan fingerprint density at radius 3 is 2.50 bits per heavy atom. The van der Waals surface area contributed by atoms with E-state index in [2.05, 4.69) is 15.9 Å². The maximum atomic E-state index is 13.2. The molecule has 0 aromatic heterocycles. The molecule has 166 valence electrons. The van der Waals surface area contributed by atoms with Crippen LogP contribution in [0.4, 0.5) is 18.9 Å². The molecule has 0 spiro atoms. The summed E-state index contributed by atoms with van der Waals surface area (Å²) in [6.45, 7) is 1.41. The number of carboxylic acid groups (broad SMARTS) is 1. The molecule has 1 aliphatic heterocycles. The summed E-state index contributed by atoms with van der Waals surface area (Å²) in [6.07, 6.45) is -5.58. The Hall–Kier alpha value is -3.36. The number of nitriles is 1. The molecule has 1 heterocycles. The van der Waals surface area contributed by atoms with Crippen molar-refractivity contribution in [2.24, 2.45) is 5.73 Å². The third kappa shape index (κ3) is 4.06. The van der Waals surface area contributed by atoms with Gasteiger partial charge in [0.2, 0.25) is 6.41 Å². The highest BCUT2D eigenvalue weighted by Crippen LogP contribution is 2.42. The first-order valence-corrected chi connectivity index (χ1v) is 9.89. The first-order chi connectivity index (χ1) is 15.0. The highest BCUT2D eigenvalue weighted by molar-refractivity contribution is 9.10. The molecular weight excluding hydrogens is 493 g/mol. The molecule has 3 N–H and O–H groups in total. The van der Waals surface area contributed by atoms with E-state index in [0.29, 0.717) is 22.0 Å². The van der Waals surface area contributed by atoms with Gasteiger partial charge in [0.15, 0.2) is 6.29 Å². The van der Waals surface area contributed by atoms with Crippen LogP contribution in [0.5, 0.6) is 0 Å². The second-order valence-electron chi connectivity index (χ2n) is 6.94. The molecule has 2 atom stereocenters. The fourth-order valence-corrected chi connectivity index (χ4v) is 4.26. The van der Waals surface area contributed by atoms with Crippen LogP contribution in [0.2, 0.25) is 0 Å². The van der Waals surface area contributed by atoms with Gasteiger partial charge in [-0.25, -0.2) is 4.79 Å². The summed E-state index contributed by atoms with van der Waals surface area (Å²) in [5.41, 5.74) is 5.78. The topological polar surface area (TPSA) is 111 Å². The van der Waals surface area contributed by atoms with Crippen molar-refractivity contribution in [2.75, 3.05) is 4.90 Å². The Balaban J connectivity index is 2.24. The Morgan fingerprint density at radius 1 is 1.28 bits per heavy atom. The van der Waals surface area contributed by atoms with Crippen LogP contribution in [0.15, 0.2) is 58.2 Å². The number of halogens is 4. The maximum Gasteiger partial charge on any atom is 0.416 e. The van der Waals surface area contributed by atoms with Gasteiger partial charge in [-0.2, -0.15) is 18.4 Å². The van der Waals surface area contributed by atoms with Crippen molar-refractivity contribution in [2.45, 2.75) is 25.4 Å². The lowest BCUT2D eigenvalue weighted by molar-refractivity contribution is -0.138. The number of anilines is 1. The van der Waals surface area contributed by atoms with E-state index in [1.165, 1.54) is 42.2 Å². The fourth-order valence-electron chi connectivity index (χ4n) is 3.67. The van der Waals surface area contributed by atoms with E-state index < -0.39 is 30.0 Å². The third-order valence-corrected chi connectivity index (χ3v) is 5.81. The van der Waals surface area contributed by atoms with E-state index in [4.69, 9.17) is 11.0 Å². The first-order valence-electron chi connectivity index (χ1n) is 9.09. The molecule has 2 aromatic carbocycles. The molecule has 11 heteroatoms. The minimum atomic E-state index is -4.62. The van der Waals surface area contributed by atoms with E-state index in [1.54, 1.807) is 0 Å². The standard InChI is InChI=1S/C21H16BrF3N4O3/c1-11-17(19(31)32)18(15-6-5-12(9-26)7-16(15)22)28(10-30)20(27)29(11)14-4-2-3-13(8-14)21(23,24)25/h2-8,10,18,20H,27H2,1H3,(H,31,32). The van der Waals surface area contributed by atoms with Gasteiger partial charge in [0.05, 0.1) is 28.8 Å². The van der Waals surface area contributed by atoms with Crippen molar-refractivity contribution >= 4 is 34.0 Å². The predicted octanol–water partition coefficient (Wildman–Crippen LogP) is 3.96. The lowest BCUT2D eigenvalue weighted by Crippen LogP contribution is -2.59. The van der Waals surface area contributed by atoms with Gasteiger partial charge >= 0.3 is 12.1 Å². The number of alkyl halides is 3. The van der Waals surface area contributed by atoms with Gasteiger partial charge in [0.25, 0.3) is 0 Å². The third-order valence-electron chi connectivity index (χ3n) is 5.12. The molecule has 0 fully saturated rings. The minimum Gasteiger partial charge on any atom is -0.478 e. The Kier molecular flexibility index (Phi) is 6.29. The van der Waals surface area contributed by atoms with Crippen molar-refractivity contribution in [3.8, 4) is 6.07 Å². The normalized spacial score (nSPS) is 19.0. The second-order valence-corrected chi connectivity index (χ2v) is 7.79. The van der Waals surface area contributed by atoms with Crippen LogP contribution < -0.4 is 10.6 Å². The first kappa shape index (κ1) is 23.3. The van der Waals surface area contributed by atoms with Crippen molar-refractivity contribution in [3.05, 3.63) is 74.9 Å². The summed E-state index contributed by atoms with van der Waals surface area (Å²) < 4.78 is 40.0. The fraction of sp³-hybridized carbons (Fsp3) is 0.190. The molecule has 0 saturated heterocycles. The molecule has 1 amide bonds. The van der Waals surface area contributed by atoms with Crippen LogP contribution in [0.3, 0.4) is 0 Å². The van der Waals surface area contributed by atoms with Crippen molar-refractivity contribution in [1.82, 2.24) is 4.90 Å². The Morgan fingerprint density at radius 2 is 1.97 bits per heavy atom. The van der Waals surface area contributed by atoms with Gasteiger partial charge < -0.3 is 14.9 Å². The summed E-state index contributed by atoms with van der Waals surface area (Å²) in [7, 11) is 0. The molecule has 7 nitrogen and oxygen atoms in total. The number of hydrogen-bond donors (Lipinski definition) is 2. The number of nitrogens with zero attached hydrogens (tertiary/aromatic N) is 3. The van der Waals surface area contributed by atoms with Crippen LogP contribution >= 0.6 is 15.9 Å². The number of carbonyl (C=O) groups excluding carboxylic acids is 1. The van der Waals surface area contributed by atoms with Gasteiger partial charge in [-0.05, 0) is 42.8 Å². The molecule has 0 bridgehead atoms. The molecule has 0 radical (unpaired) electrons. The van der Waals surface area contributed by atoms with Crippen LogP contribution in [0.25, 0.3) is 0 Å². The molecule has 0 aliphatic carbocycles. The average molecular weight is 509 g/mol. The van der Waals surface area contributed by atoms with Gasteiger partial charge in [0.1, 0.15) is 0 Å². The zero-order valence-electron chi connectivity index (χ0n) is 16.5. The van der Waals surface area contributed by atoms with Crippen LogP contribution in [-0.4, -0.2) is 28.7 Å². The van der Waals surface area contributed by atoms with Crippen molar-refractivity contribution < 1.29 is 27.9 Å².